The lowest BCUT2D eigenvalue weighted by molar-refractivity contribution is 0.652. The van der Waals surface area contributed by atoms with Crippen LogP contribution >= 0.6 is 0 Å². The van der Waals surface area contributed by atoms with Crippen LogP contribution in [-0.4, -0.2) is 0 Å². The van der Waals surface area contributed by atoms with Gasteiger partial charge in [0.15, 0.2) is 0 Å². The molecule has 8 rings (SSSR count). The molecule has 0 saturated carbocycles. The van der Waals surface area contributed by atoms with Crippen molar-refractivity contribution in [1.82, 2.24) is 0 Å². The van der Waals surface area contributed by atoms with Gasteiger partial charge in [-0.2, -0.15) is 0 Å². The molecule has 0 saturated heterocycles. The largest absolute Gasteiger partial charge is 0.310 e. The third-order valence-electron chi connectivity index (χ3n) is 10.9. The van der Waals surface area contributed by atoms with Gasteiger partial charge < -0.3 is 4.90 Å². The molecule has 0 radical (unpaired) electrons. The first-order valence-corrected chi connectivity index (χ1v) is 17.1. The Kier molecular flexibility index (Phi) is 6.73. The Morgan fingerprint density at radius 1 is 0.500 bits per heavy atom. The van der Waals surface area contributed by atoms with Gasteiger partial charge in [-0.05, 0) is 111 Å². The van der Waals surface area contributed by atoms with E-state index in [2.05, 4.69) is 161 Å². The van der Waals surface area contributed by atoms with Crippen molar-refractivity contribution in [2.45, 2.75) is 71.1 Å². The first-order valence-electron chi connectivity index (χ1n) is 17.1. The summed E-state index contributed by atoms with van der Waals surface area (Å²) in [5.74, 6) is 0. The maximum absolute atomic E-state index is 2.54. The maximum atomic E-state index is 2.54. The Labute approximate surface area is 274 Å². The van der Waals surface area contributed by atoms with Crippen molar-refractivity contribution in [3.05, 3.63) is 149 Å². The zero-order valence-corrected chi connectivity index (χ0v) is 27.8. The highest BCUT2D eigenvalue weighted by Crippen LogP contribution is 2.58. The number of rotatable bonds is 7. The molecule has 0 heterocycles. The smallest absolute Gasteiger partial charge is 0.0543 e. The van der Waals surface area contributed by atoms with Crippen molar-refractivity contribution in [2.75, 3.05) is 4.90 Å². The predicted molar refractivity (Wildman–Crippen MR) is 197 cm³/mol. The molecule has 0 aromatic heterocycles. The Balaban J connectivity index is 1.36. The van der Waals surface area contributed by atoms with Crippen LogP contribution in [0.3, 0.4) is 0 Å². The minimum absolute atomic E-state index is 0.0319. The lowest BCUT2D eigenvalue weighted by atomic mass is 9.79. The van der Waals surface area contributed by atoms with Gasteiger partial charge in [0.2, 0.25) is 0 Å². The number of nitrogens with zero attached hydrogens (tertiary/aromatic N) is 1. The molecular formula is C45H43N. The average Bonchev–Trinajstić information content (AvgIpc) is 3.44. The second kappa shape index (κ2) is 10.7. The average molecular weight is 598 g/mol. The van der Waals surface area contributed by atoms with Crippen LogP contribution in [0.2, 0.25) is 0 Å². The van der Waals surface area contributed by atoms with Crippen LogP contribution in [0, 0.1) is 0 Å². The molecule has 0 amide bonds. The molecule has 6 aromatic carbocycles. The quantitative estimate of drug-likeness (QED) is 0.165. The topological polar surface area (TPSA) is 3.24 Å². The van der Waals surface area contributed by atoms with E-state index < -0.39 is 0 Å². The molecule has 0 N–H and O–H groups in total. The predicted octanol–water partition coefficient (Wildman–Crippen LogP) is 12.7. The standard InChI is InChI=1S/C45H43N/c1-6-7-9-17-30-18-16-21-32(26-30)46(31-19-10-8-11-20-31)42-29-41-43(35-24-13-12-23-34(35)42)37-28-39-36(27-40(37)45(41,4)5)33-22-14-15-25-38(33)44(39,2)3/h8,10-16,18-29H,6-7,9,17H2,1-5H3. The van der Waals surface area contributed by atoms with E-state index in [-0.39, 0.29) is 10.8 Å². The summed E-state index contributed by atoms with van der Waals surface area (Å²) in [6.07, 6.45) is 4.85. The minimum atomic E-state index is -0.148. The lowest BCUT2D eigenvalue weighted by Crippen LogP contribution is -2.18. The third-order valence-corrected chi connectivity index (χ3v) is 10.9. The van der Waals surface area contributed by atoms with Gasteiger partial charge in [0.1, 0.15) is 0 Å². The van der Waals surface area contributed by atoms with E-state index in [1.807, 2.05) is 0 Å². The van der Waals surface area contributed by atoms with Crippen LogP contribution in [-0.2, 0) is 17.3 Å². The van der Waals surface area contributed by atoms with E-state index in [0.29, 0.717) is 0 Å². The SMILES string of the molecule is CCCCCc1cccc(N(c2ccccc2)c2cc3c(c4ccccc24)-c2cc4c(cc2C3(C)C)-c2ccccc2C4(C)C)c1. The Morgan fingerprint density at radius 3 is 1.96 bits per heavy atom. The van der Waals surface area contributed by atoms with Gasteiger partial charge in [0, 0.05) is 27.6 Å². The molecule has 0 fully saturated rings. The summed E-state index contributed by atoms with van der Waals surface area (Å²) in [6, 6.07) is 45.8. The molecule has 0 spiro atoms. The highest BCUT2D eigenvalue weighted by atomic mass is 15.1. The van der Waals surface area contributed by atoms with E-state index in [0.717, 1.165) is 6.42 Å². The van der Waals surface area contributed by atoms with Gasteiger partial charge in [0.05, 0.1) is 5.69 Å². The highest BCUT2D eigenvalue weighted by Gasteiger charge is 2.42. The lowest BCUT2D eigenvalue weighted by Gasteiger charge is -2.30. The molecular weight excluding hydrogens is 555 g/mol. The van der Waals surface area contributed by atoms with E-state index in [4.69, 9.17) is 0 Å². The van der Waals surface area contributed by atoms with Crippen molar-refractivity contribution in [1.29, 1.82) is 0 Å². The molecule has 2 aliphatic carbocycles. The highest BCUT2D eigenvalue weighted by molar-refractivity contribution is 6.10. The second-order valence-electron chi connectivity index (χ2n) is 14.4. The molecule has 0 unspecified atom stereocenters. The first-order chi connectivity index (χ1) is 22.3. The number of unbranched alkanes of at least 4 members (excludes halogenated alkanes) is 2. The van der Waals surface area contributed by atoms with Crippen LogP contribution < -0.4 is 4.90 Å². The van der Waals surface area contributed by atoms with Gasteiger partial charge in [0.25, 0.3) is 0 Å². The zero-order valence-electron chi connectivity index (χ0n) is 27.8. The number of aryl methyl sites for hydroxylation is 1. The fourth-order valence-electron chi connectivity index (χ4n) is 8.38. The monoisotopic (exact) mass is 597 g/mol. The van der Waals surface area contributed by atoms with Crippen LogP contribution in [0.25, 0.3) is 33.0 Å². The van der Waals surface area contributed by atoms with E-state index in [1.165, 1.54) is 97.2 Å². The first kappa shape index (κ1) is 28.8. The van der Waals surface area contributed by atoms with Crippen LogP contribution in [0.15, 0.2) is 121 Å². The number of hydrogen-bond donors (Lipinski definition) is 0. The Hall–Kier alpha value is -4.62. The molecule has 46 heavy (non-hydrogen) atoms. The molecule has 1 nitrogen and oxygen atoms in total. The molecule has 0 aliphatic heterocycles. The van der Waals surface area contributed by atoms with Crippen molar-refractivity contribution >= 4 is 27.8 Å². The summed E-state index contributed by atoms with van der Waals surface area (Å²) >= 11 is 0. The summed E-state index contributed by atoms with van der Waals surface area (Å²) in [6.45, 7) is 11.9. The van der Waals surface area contributed by atoms with Crippen molar-refractivity contribution < 1.29 is 0 Å². The summed E-state index contributed by atoms with van der Waals surface area (Å²) in [4.78, 5) is 2.49. The summed E-state index contributed by atoms with van der Waals surface area (Å²) < 4.78 is 0. The van der Waals surface area contributed by atoms with Gasteiger partial charge in [-0.15, -0.1) is 0 Å². The van der Waals surface area contributed by atoms with Gasteiger partial charge >= 0.3 is 0 Å². The number of benzene rings is 6. The van der Waals surface area contributed by atoms with Gasteiger partial charge in [-0.1, -0.05) is 126 Å². The molecule has 2 aliphatic rings. The zero-order chi connectivity index (χ0) is 31.6. The normalized spacial score (nSPS) is 14.9. The van der Waals surface area contributed by atoms with Crippen LogP contribution in [0.5, 0.6) is 0 Å². The maximum Gasteiger partial charge on any atom is 0.0543 e. The fraction of sp³-hybridized carbons (Fsp3) is 0.244. The molecule has 228 valence electrons. The Morgan fingerprint density at radius 2 is 1.15 bits per heavy atom. The number of para-hydroxylation sites is 1. The third kappa shape index (κ3) is 4.28. The van der Waals surface area contributed by atoms with Crippen LogP contribution in [0.4, 0.5) is 17.1 Å². The summed E-state index contributed by atoms with van der Waals surface area (Å²) in [5.41, 5.74) is 16.2. The number of hydrogen-bond acceptors (Lipinski definition) is 1. The summed E-state index contributed by atoms with van der Waals surface area (Å²) in [5, 5.41) is 2.61. The Bertz CT molecular complexity index is 2110. The molecule has 0 atom stereocenters. The van der Waals surface area contributed by atoms with E-state index in [9.17, 15) is 0 Å². The molecule has 0 bridgehead atoms. The minimum Gasteiger partial charge on any atom is -0.310 e. The fourth-order valence-corrected chi connectivity index (χ4v) is 8.38. The molecule has 1 heteroatoms. The number of fused-ring (bicyclic) bond motifs is 8. The second-order valence-corrected chi connectivity index (χ2v) is 14.4. The van der Waals surface area contributed by atoms with Crippen molar-refractivity contribution in [3.63, 3.8) is 0 Å². The van der Waals surface area contributed by atoms with Crippen molar-refractivity contribution in [3.8, 4) is 22.3 Å². The van der Waals surface area contributed by atoms with Gasteiger partial charge in [-0.3, -0.25) is 0 Å². The van der Waals surface area contributed by atoms with Crippen LogP contribution in [0.1, 0.15) is 81.7 Å². The summed E-state index contributed by atoms with van der Waals surface area (Å²) in [7, 11) is 0. The molecule has 6 aromatic rings. The van der Waals surface area contributed by atoms with E-state index in [1.54, 1.807) is 0 Å². The van der Waals surface area contributed by atoms with Crippen molar-refractivity contribution in [2.24, 2.45) is 0 Å². The van der Waals surface area contributed by atoms with Gasteiger partial charge in [-0.25, -0.2) is 0 Å². The number of anilines is 3. The van der Waals surface area contributed by atoms with E-state index >= 15 is 0 Å².